The largest absolute Gasteiger partial charge is 0.386 e. The Morgan fingerprint density at radius 1 is 1.60 bits per heavy atom. The molecule has 0 aliphatic carbocycles. The summed E-state index contributed by atoms with van der Waals surface area (Å²) in [6.07, 6.45) is 1.09. The highest BCUT2D eigenvalue weighted by Gasteiger charge is 2.24. The topological polar surface area (TPSA) is 42.4 Å². The number of ether oxygens (including phenoxy) is 1. The summed E-state index contributed by atoms with van der Waals surface area (Å²) in [4.78, 5) is 4.17. The van der Waals surface area contributed by atoms with Crippen molar-refractivity contribution in [1.82, 2.24) is 4.98 Å². The van der Waals surface area contributed by atoms with Crippen LogP contribution < -0.4 is 0 Å². The van der Waals surface area contributed by atoms with Crippen LogP contribution in [0.4, 0.5) is 0 Å². The Balaban J connectivity index is 2.05. The molecule has 2 atom stereocenters. The Labute approximate surface area is 93.9 Å². The van der Waals surface area contributed by atoms with Crippen LogP contribution in [0.5, 0.6) is 0 Å². The average molecular weight is 225 g/mol. The number of thioether (sulfide) groups is 1. The number of rotatable bonds is 2. The third-order valence-corrected chi connectivity index (χ3v) is 3.49. The normalized spacial score (nSPS) is 23.7. The van der Waals surface area contributed by atoms with Crippen molar-refractivity contribution in [2.75, 3.05) is 18.1 Å². The molecule has 1 aromatic rings. The van der Waals surface area contributed by atoms with Crippen LogP contribution in [0.15, 0.2) is 18.3 Å². The average Bonchev–Trinajstić information content (AvgIpc) is 2.30. The smallest absolute Gasteiger partial charge is 0.107 e. The Hall–Kier alpha value is -0.580. The molecule has 1 aliphatic heterocycles. The highest BCUT2D eigenvalue weighted by Crippen LogP contribution is 2.24. The molecule has 0 spiro atoms. The zero-order chi connectivity index (χ0) is 10.7. The zero-order valence-electron chi connectivity index (χ0n) is 8.72. The summed E-state index contributed by atoms with van der Waals surface area (Å²) in [5.41, 5.74) is 1.80. The molecule has 0 bridgehead atoms. The van der Waals surface area contributed by atoms with Gasteiger partial charge in [-0.05, 0) is 13.0 Å². The summed E-state index contributed by atoms with van der Waals surface area (Å²) in [5.74, 6) is 1.88. The van der Waals surface area contributed by atoms with Crippen molar-refractivity contribution >= 4 is 11.8 Å². The van der Waals surface area contributed by atoms with E-state index in [2.05, 4.69) is 4.98 Å². The van der Waals surface area contributed by atoms with Gasteiger partial charge < -0.3 is 9.84 Å². The number of hydrogen-bond donors (Lipinski definition) is 1. The number of aliphatic hydroxyl groups excluding tert-OH is 1. The minimum atomic E-state index is -0.550. The number of nitrogens with zero attached hydrogens (tertiary/aromatic N) is 1. The Morgan fingerprint density at radius 3 is 3.07 bits per heavy atom. The minimum absolute atomic E-state index is 0.0896. The van der Waals surface area contributed by atoms with Crippen LogP contribution in [0.2, 0.25) is 0 Å². The van der Waals surface area contributed by atoms with Gasteiger partial charge in [-0.25, -0.2) is 0 Å². The van der Waals surface area contributed by atoms with E-state index < -0.39 is 6.10 Å². The van der Waals surface area contributed by atoms with E-state index in [1.165, 1.54) is 0 Å². The van der Waals surface area contributed by atoms with Crippen LogP contribution in [0.1, 0.15) is 17.4 Å². The summed E-state index contributed by atoms with van der Waals surface area (Å²) in [7, 11) is 0. The van der Waals surface area contributed by atoms with E-state index in [0.29, 0.717) is 0 Å². The predicted octanol–water partition coefficient (Wildman–Crippen LogP) is 1.56. The molecule has 2 rings (SSSR count). The van der Waals surface area contributed by atoms with Crippen molar-refractivity contribution in [1.29, 1.82) is 0 Å². The van der Waals surface area contributed by atoms with Gasteiger partial charge in [-0.1, -0.05) is 6.07 Å². The molecule has 0 aromatic carbocycles. The lowest BCUT2D eigenvalue weighted by Crippen LogP contribution is -2.29. The lowest BCUT2D eigenvalue weighted by Gasteiger charge is -2.26. The van der Waals surface area contributed by atoms with Crippen LogP contribution in [-0.2, 0) is 4.74 Å². The van der Waals surface area contributed by atoms with E-state index in [1.807, 2.05) is 30.8 Å². The lowest BCUT2D eigenvalue weighted by atomic mass is 10.1. The van der Waals surface area contributed by atoms with Gasteiger partial charge in [0.15, 0.2) is 0 Å². The molecule has 15 heavy (non-hydrogen) atoms. The number of pyridine rings is 1. The quantitative estimate of drug-likeness (QED) is 0.829. The fourth-order valence-corrected chi connectivity index (χ4v) is 2.45. The highest BCUT2D eigenvalue weighted by atomic mass is 32.2. The van der Waals surface area contributed by atoms with Gasteiger partial charge in [0.2, 0.25) is 0 Å². The van der Waals surface area contributed by atoms with Crippen molar-refractivity contribution in [3.05, 3.63) is 29.6 Å². The molecular formula is C11H15NO2S. The van der Waals surface area contributed by atoms with Crippen LogP contribution in [-0.4, -0.2) is 34.3 Å². The molecule has 1 saturated heterocycles. The van der Waals surface area contributed by atoms with Crippen LogP contribution in [0.3, 0.4) is 0 Å². The molecule has 0 radical (unpaired) electrons. The number of aryl methyl sites for hydroxylation is 1. The second-order valence-corrected chi connectivity index (χ2v) is 4.81. The van der Waals surface area contributed by atoms with Gasteiger partial charge in [0, 0.05) is 29.0 Å². The highest BCUT2D eigenvalue weighted by molar-refractivity contribution is 7.99. The molecule has 1 N–H and O–H groups in total. The number of aliphatic hydroxyl groups is 1. The van der Waals surface area contributed by atoms with Gasteiger partial charge in [0.1, 0.15) is 6.10 Å². The van der Waals surface area contributed by atoms with Crippen molar-refractivity contribution in [3.63, 3.8) is 0 Å². The number of aromatic nitrogens is 1. The van der Waals surface area contributed by atoms with Crippen molar-refractivity contribution < 1.29 is 9.84 Å². The second kappa shape index (κ2) is 4.96. The lowest BCUT2D eigenvalue weighted by molar-refractivity contribution is -0.0228. The SMILES string of the molecule is Cc1ccc(C(O)C2CSCCO2)cn1. The van der Waals surface area contributed by atoms with Crippen LogP contribution >= 0.6 is 11.8 Å². The Kier molecular flexibility index (Phi) is 3.61. The molecule has 0 saturated carbocycles. The van der Waals surface area contributed by atoms with Gasteiger partial charge in [0.25, 0.3) is 0 Å². The first-order valence-corrected chi connectivity index (χ1v) is 6.23. The van der Waals surface area contributed by atoms with E-state index in [0.717, 1.165) is 29.4 Å². The first kappa shape index (κ1) is 10.9. The van der Waals surface area contributed by atoms with E-state index >= 15 is 0 Å². The first-order chi connectivity index (χ1) is 7.27. The monoisotopic (exact) mass is 225 g/mol. The molecule has 1 aromatic heterocycles. The molecule has 0 amide bonds. The van der Waals surface area contributed by atoms with E-state index in [1.54, 1.807) is 6.20 Å². The number of hydrogen-bond acceptors (Lipinski definition) is 4. The maximum absolute atomic E-state index is 10.1. The molecule has 4 heteroatoms. The van der Waals surface area contributed by atoms with Crippen molar-refractivity contribution in [2.24, 2.45) is 0 Å². The first-order valence-electron chi connectivity index (χ1n) is 5.07. The fraction of sp³-hybridized carbons (Fsp3) is 0.545. The Morgan fingerprint density at radius 2 is 2.47 bits per heavy atom. The summed E-state index contributed by atoms with van der Waals surface area (Å²) < 4.78 is 5.53. The zero-order valence-corrected chi connectivity index (χ0v) is 9.54. The summed E-state index contributed by atoms with van der Waals surface area (Å²) in [6, 6.07) is 3.82. The van der Waals surface area contributed by atoms with E-state index in [9.17, 15) is 5.11 Å². The van der Waals surface area contributed by atoms with Crippen LogP contribution in [0, 0.1) is 6.92 Å². The third-order valence-electron chi connectivity index (χ3n) is 2.47. The molecule has 1 fully saturated rings. The summed E-state index contributed by atoms with van der Waals surface area (Å²) in [5, 5.41) is 10.1. The fourth-order valence-electron chi connectivity index (χ4n) is 1.56. The van der Waals surface area contributed by atoms with Gasteiger partial charge >= 0.3 is 0 Å². The van der Waals surface area contributed by atoms with Gasteiger partial charge in [-0.15, -0.1) is 0 Å². The minimum Gasteiger partial charge on any atom is -0.386 e. The van der Waals surface area contributed by atoms with Crippen LogP contribution in [0.25, 0.3) is 0 Å². The molecular weight excluding hydrogens is 210 g/mol. The Bertz CT molecular complexity index is 309. The second-order valence-electron chi connectivity index (χ2n) is 3.66. The summed E-state index contributed by atoms with van der Waals surface area (Å²) in [6.45, 7) is 2.66. The predicted molar refractivity (Wildman–Crippen MR) is 61.0 cm³/mol. The summed E-state index contributed by atoms with van der Waals surface area (Å²) >= 11 is 1.82. The molecule has 2 unspecified atom stereocenters. The maximum atomic E-state index is 10.1. The van der Waals surface area contributed by atoms with Gasteiger partial charge in [-0.2, -0.15) is 11.8 Å². The molecule has 3 nitrogen and oxygen atoms in total. The van der Waals surface area contributed by atoms with E-state index in [-0.39, 0.29) is 6.10 Å². The maximum Gasteiger partial charge on any atom is 0.107 e. The van der Waals surface area contributed by atoms with Gasteiger partial charge in [-0.3, -0.25) is 4.98 Å². The standard InChI is InChI=1S/C11H15NO2S/c1-8-2-3-9(6-12-8)11(13)10-7-15-5-4-14-10/h2-3,6,10-11,13H,4-5,7H2,1H3. The van der Waals surface area contributed by atoms with Crippen molar-refractivity contribution in [2.45, 2.75) is 19.1 Å². The molecule has 2 heterocycles. The van der Waals surface area contributed by atoms with E-state index in [4.69, 9.17) is 4.74 Å². The van der Waals surface area contributed by atoms with Crippen molar-refractivity contribution in [3.8, 4) is 0 Å². The molecule has 1 aliphatic rings. The van der Waals surface area contributed by atoms with Gasteiger partial charge in [0.05, 0.1) is 12.7 Å². The third kappa shape index (κ3) is 2.71. The molecule has 82 valence electrons.